The molecule has 2 aliphatic carbocycles. The summed E-state index contributed by atoms with van der Waals surface area (Å²) in [5.74, 6) is -0.892. The molecule has 0 aromatic carbocycles. The van der Waals surface area contributed by atoms with Gasteiger partial charge in [0.1, 0.15) is 0 Å². The number of hydrogen-bond donors (Lipinski definition) is 0. The molecule has 7 heteroatoms. The topological polar surface area (TPSA) is 71.1 Å². The summed E-state index contributed by atoms with van der Waals surface area (Å²) in [6.07, 6.45) is 5.23. The van der Waals surface area contributed by atoms with Gasteiger partial charge in [0.05, 0.1) is 24.4 Å². The Labute approximate surface area is 168 Å². The van der Waals surface area contributed by atoms with Gasteiger partial charge in [-0.3, -0.25) is 9.59 Å². The highest BCUT2D eigenvalue weighted by Gasteiger charge is 2.68. The Morgan fingerprint density at radius 2 is 1.39 bits per heavy atom. The van der Waals surface area contributed by atoms with Gasteiger partial charge in [0.2, 0.25) is 0 Å². The van der Waals surface area contributed by atoms with Crippen molar-refractivity contribution in [2.75, 3.05) is 13.2 Å². The fourth-order valence-corrected chi connectivity index (χ4v) is 4.33. The molecule has 6 nitrogen and oxygen atoms in total. The first kappa shape index (κ1) is 21.4. The van der Waals surface area contributed by atoms with E-state index >= 15 is 0 Å². The molecule has 0 amide bonds. The van der Waals surface area contributed by atoms with E-state index in [9.17, 15) is 9.59 Å². The summed E-state index contributed by atoms with van der Waals surface area (Å²) >= 11 is 0. The summed E-state index contributed by atoms with van der Waals surface area (Å²) in [6, 6.07) is 0. The maximum Gasteiger partial charge on any atom is 0.490 e. The Bertz CT molecular complexity index is 636. The summed E-state index contributed by atoms with van der Waals surface area (Å²) < 4.78 is 22.9. The Hall–Kier alpha value is -1.34. The van der Waals surface area contributed by atoms with Crippen LogP contribution in [0.3, 0.4) is 0 Å². The number of carbonyl (C=O) groups is 2. The second-order valence-electron chi connectivity index (χ2n) is 9.55. The Kier molecular flexibility index (Phi) is 5.47. The molecule has 0 bridgehead atoms. The van der Waals surface area contributed by atoms with Gasteiger partial charge in [0.25, 0.3) is 0 Å². The van der Waals surface area contributed by atoms with Crippen LogP contribution in [0.5, 0.6) is 0 Å². The molecule has 0 unspecified atom stereocenters. The number of ether oxygens (including phenoxy) is 2. The standard InChI is InChI=1S/C21H33BO6/c1-7-9-25-16(23)21(17(24)26-10-8-2)13-20(14-21)11-15(12-20)22-27-18(3,4)19(5,6)28-22/h11H,7-10,12-14H2,1-6H3. The molecule has 2 fully saturated rings. The minimum Gasteiger partial charge on any atom is -0.465 e. The van der Waals surface area contributed by atoms with E-state index in [4.69, 9.17) is 18.8 Å². The zero-order chi connectivity index (χ0) is 20.8. The van der Waals surface area contributed by atoms with E-state index in [0.29, 0.717) is 26.1 Å². The van der Waals surface area contributed by atoms with Crippen molar-refractivity contribution in [2.24, 2.45) is 10.8 Å². The SMILES string of the molecule is CCCOC(=O)C1(C(=O)OCCC)CC2(C=C(B3OC(C)(C)C(C)(C)O3)C2)C1. The lowest BCUT2D eigenvalue weighted by atomic mass is 9.43. The molecule has 0 atom stereocenters. The highest BCUT2D eigenvalue weighted by atomic mass is 16.7. The van der Waals surface area contributed by atoms with Gasteiger partial charge in [0, 0.05) is 0 Å². The van der Waals surface area contributed by atoms with Gasteiger partial charge in [0.15, 0.2) is 5.41 Å². The van der Waals surface area contributed by atoms with Crippen LogP contribution in [0.2, 0.25) is 0 Å². The van der Waals surface area contributed by atoms with Gasteiger partial charge in [-0.2, -0.15) is 0 Å². The van der Waals surface area contributed by atoms with E-state index in [1.807, 2.05) is 41.5 Å². The normalized spacial score (nSPS) is 25.5. The molecule has 0 aromatic heterocycles. The van der Waals surface area contributed by atoms with Crippen LogP contribution < -0.4 is 0 Å². The molecule has 1 heterocycles. The van der Waals surface area contributed by atoms with Crippen LogP contribution in [0.15, 0.2) is 11.5 Å². The van der Waals surface area contributed by atoms with Crippen molar-refractivity contribution >= 4 is 19.1 Å². The van der Waals surface area contributed by atoms with Crippen LogP contribution in [0.1, 0.15) is 73.6 Å². The Morgan fingerprint density at radius 1 is 0.964 bits per heavy atom. The number of esters is 2. The lowest BCUT2D eigenvalue weighted by Gasteiger charge is -2.56. The van der Waals surface area contributed by atoms with Crippen LogP contribution in [0, 0.1) is 10.8 Å². The monoisotopic (exact) mass is 392 g/mol. The predicted octanol–water partition coefficient (Wildman–Crippen LogP) is 3.62. The van der Waals surface area contributed by atoms with Gasteiger partial charge in [-0.25, -0.2) is 0 Å². The van der Waals surface area contributed by atoms with Crippen molar-refractivity contribution in [3.8, 4) is 0 Å². The van der Waals surface area contributed by atoms with E-state index in [0.717, 1.165) is 24.7 Å². The molecule has 3 aliphatic rings. The maximum atomic E-state index is 12.7. The van der Waals surface area contributed by atoms with E-state index in [-0.39, 0.29) is 23.7 Å². The summed E-state index contributed by atoms with van der Waals surface area (Å²) in [4.78, 5) is 25.3. The van der Waals surface area contributed by atoms with Crippen LogP contribution >= 0.6 is 0 Å². The van der Waals surface area contributed by atoms with E-state index < -0.39 is 17.4 Å². The van der Waals surface area contributed by atoms with E-state index in [2.05, 4.69) is 6.08 Å². The third kappa shape index (κ3) is 3.41. The van der Waals surface area contributed by atoms with Crippen LogP contribution in [0.25, 0.3) is 0 Å². The maximum absolute atomic E-state index is 12.7. The number of allylic oxidation sites excluding steroid dienone is 2. The quantitative estimate of drug-likeness (QED) is 0.374. The third-order valence-corrected chi connectivity index (χ3v) is 6.57. The van der Waals surface area contributed by atoms with Crippen LogP contribution in [-0.4, -0.2) is 43.5 Å². The fraction of sp³-hybridized carbons (Fsp3) is 0.810. The summed E-state index contributed by atoms with van der Waals surface area (Å²) in [6.45, 7) is 12.6. The van der Waals surface area contributed by atoms with Crippen molar-refractivity contribution in [1.82, 2.24) is 0 Å². The van der Waals surface area contributed by atoms with Crippen molar-refractivity contribution in [1.29, 1.82) is 0 Å². The number of carbonyl (C=O) groups excluding carboxylic acids is 2. The lowest BCUT2D eigenvalue weighted by Crippen LogP contribution is -2.59. The molecule has 0 N–H and O–H groups in total. The molecule has 1 aliphatic heterocycles. The van der Waals surface area contributed by atoms with Gasteiger partial charge < -0.3 is 18.8 Å². The van der Waals surface area contributed by atoms with Crippen molar-refractivity contribution in [3.63, 3.8) is 0 Å². The summed E-state index contributed by atoms with van der Waals surface area (Å²) in [5, 5.41) is 0. The molecule has 0 radical (unpaired) electrons. The first-order chi connectivity index (χ1) is 13.0. The molecule has 28 heavy (non-hydrogen) atoms. The average molecular weight is 392 g/mol. The van der Waals surface area contributed by atoms with Gasteiger partial charge in [-0.1, -0.05) is 19.9 Å². The summed E-state index contributed by atoms with van der Waals surface area (Å²) in [5.41, 5.74) is -0.981. The molecule has 1 saturated heterocycles. The van der Waals surface area contributed by atoms with Gasteiger partial charge >= 0.3 is 19.1 Å². The molecule has 3 rings (SSSR count). The smallest absolute Gasteiger partial charge is 0.465 e. The Balaban J connectivity index is 1.69. The number of rotatable bonds is 7. The van der Waals surface area contributed by atoms with E-state index in [1.165, 1.54) is 0 Å². The first-order valence-corrected chi connectivity index (χ1v) is 10.4. The Morgan fingerprint density at radius 3 is 1.79 bits per heavy atom. The zero-order valence-electron chi connectivity index (χ0n) is 18.1. The second-order valence-corrected chi connectivity index (χ2v) is 9.55. The largest absolute Gasteiger partial charge is 0.490 e. The second kappa shape index (κ2) is 7.17. The minimum atomic E-state index is -1.16. The first-order valence-electron chi connectivity index (χ1n) is 10.4. The average Bonchev–Trinajstić information content (AvgIpc) is 2.76. The van der Waals surface area contributed by atoms with Crippen LogP contribution in [0.4, 0.5) is 0 Å². The molecule has 1 spiro atoms. The fourth-order valence-electron chi connectivity index (χ4n) is 4.33. The number of hydrogen-bond acceptors (Lipinski definition) is 6. The van der Waals surface area contributed by atoms with Crippen molar-refractivity contribution < 1.29 is 28.4 Å². The zero-order valence-corrected chi connectivity index (χ0v) is 18.1. The molecule has 0 aromatic rings. The molecular formula is C21H33BO6. The summed E-state index contributed by atoms with van der Waals surface area (Å²) in [7, 11) is -0.357. The molecule has 156 valence electrons. The van der Waals surface area contributed by atoms with Gasteiger partial charge in [-0.15, -0.1) is 0 Å². The lowest BCUT2D eigenvalue weighted by molar-refractivity contribution is -0.189. The van der Waals surface area contributed by atoms with E-state index in [1.54, 1.807) is 0 Å². The molecular weight excluding hydrogens is 359 g/mol. The van der Waals surface area contributed by atoms with Crippen LogP contribution in [-0.2, 0) is 28.4 Å². The minimum absolute atomic E-state index is 0.157. The molecule has 1 saturated carbocycles. The van der Waals surface area contributed by atoms with Gasteiger partial charge in [-0.05, 0) is 70.7 Å². The predicted molar refractivity (Wildman–Crippen MR) is 105 cm³/mol. The third-order valence-electron chi connectivity index (χ3n) is 6.57. The van der Waals surface area contributed by atoms with Crippen molar-refractivity contribution in [3.05, 3.63) is 11.5 Å². The van der Waals surface area contributed by atoms with Crippen molar-refractivity contribution in [2.45, 2.75) is 84.8 Å². The highest BCUT2D eigenvalue weighted by molar-refractivity contribution is 6.55. The highest BCUT2D eigenvalue weighted by Crippen LogP contribution is 2.64.